The maximum atomic E-state index is 5.53. The molecule has 10 heavy (non-hydrogen) atoms. The molecule has 0 spiro atoms. The molecule has 0 radical (unpaired) electrons. The molecule has 0 aliphatic rings. The molecule has 0 aliphatic carbocycles. The summed E-state index contributed by atoms with van der Waals surface area (Å²) in [5.41, 5.74) is 0. The Labute approximate surface area is 78.0 Å². The van der Waals surface area contributed by atoms with E-state index in [1.165, 1.54) is 0 Å². The number of hydrogen-bond acceptors (Lipinski definition) is 2. The van der Waals surface area contributed by atoms with Crippen LogP contribution >= 0.6 is 31.9 Å². The zero-order chi connectivity index (χ0) is 8.15. The highest BCUT2D eigenvalue weighted by molar-refractivity contribution is 9.12. The van der Waals surface area contributed by atoms with Gasteiger partial charge in [-0.05, 0) is 0 Å². The molecule has 0 rings (SSSR count). The Kier molecular flexibility index (Phi) is 5.25. The van der Waals surface area contributed by atoms with E-state index in [2.05, 4.69) is 45.0 Å². The monoisotopic (exact) mass is 268 g/mol. The molecular formula is C6H10Br2N2. The van der Waals surface area contributed by atoms with Crippen molar-refractivity contribution in [3.8, 4) is 0 Å². The second-order valence-corrected chi connectivity index (χ2v) is 4.18. The van der Waals surface area contributed by atoms with Crippen molar-refractivity contribution in [3.05, 3.63) is 22.1 Å². The summed E-state index contributed by atoms with van der Waals surface area (Å²) in [5.74, 6) is 5.53. The first-order valence-electron chi connectivity index (χ1n) is 2.68. The normalized spacial score (nSPS) is 10.0. The van der Waals surface area contributed by atoms with Crippen molar-refractivity contribution in [1.29, 1.82) is 0 Å². The Morgan fingerprint density at radius 2 is 1.50 bits per heavy atom. The smallest absolute Gasteiger partial charge is 0.0443 e. The van der Waals surface area contributed by atoms with Gasteiger partial charge in [-0.1, -0.05) is 45.0 Å². The number of rotatable bonds is 4. The first-order valence-corrected chi connectivity index (χ1v) is 4.27. The van der Waals surface area contributed by atoms with E-state index >= 15 is 0 Å². The summed E-state index contributed by atoms with van der Waals surface area (Å²) >= 11 is 6.41. The van der Waals surface area contributed by atoms with Gasteiger partial charge in [0.05, 0.1) is 0 Å². The van der Waals surface area contributed by atoms with Crippen molar-refractivity contribution < 1.29 is 0 Å². The lowest BCUT2D eigenvalue weighted by molar-refractivity contribution is 0.347. The summed E-state index contributed by atoms with van der Waals surface area (Å²) in [6, 6.07) is 0. The molecule has 0 atom stereocenters. The van der Waals surface area contributed by atoms with Gasteiger partial charge in [-0.15, -0.1) is 0 Å². The predicted octanol–water partition coefficient (Wildman–Crippen LogP) is 1.98. The molecule has 58 valence electrons. The van der Waals surface area contributed by atoms with Crippen LogP contribution in [0.25, 0.3) is 0 Å². The highest BCUT2D eigenvalue weighted by Crippen LogP contribution is 2.05. The summed E-state index contributed by atoms with van der Waals surface area (Å²) in [6.45, 7) is 8.56. The second kappa shape index (κ2) is 5.07. The van der Waals surface area contributed by atoms with Crippen molar-refractivity contribution in [1.82, 2.24) is 5.01 Å². The van der Waals surface area contributed by atoms with Gasteiger partial charge in [-0.3, -0.25) is 5.84 Å². The zero-order valence-electron chi connectivity index (χ0n) is 5.61. The van der Waals surface area contributed by atoms with Crippen LogP contribution in [0.1, 0.15) is 0 Å². The molecular weight excluding hydrogens is 260 g/mol. The second-order valence-electron chi connectivity index (χ2n) is 1.94. The fourth-order valence-corrected chi connectivity index (χ4v) is 1.14. The summed E-state index contributed by atoms with van der Waals surface area (Å²) < 4.78 is 1.73. The van der Waals surface area contributed by atoms with Gasteiger partial charge in [0.1, 0.15) is 0 Å². The van der Waals surface area contributed by atoms with Crippen LogP contribution in [0.5, 0.6) is 0 Å². The van der Waals surface area contributed by atoms with Crippen LogP contribution in [-0.2, 0) is 0 Å². The van der Waals surface area contributed by atoms with Crippen molar-refractivity contribution in [2.24, 2.45) is 5.84 Å². The molecule has 0 aromatic rings. The van der Waals surface area contributed by atoms with E-state index in [1.807, 2.05) is 0 Å². The number of halogens is 2. The third-order valence-corrected chi connectivity index (χ3v) is 1.25. The minimum absolute atomic E-state index is 0.630. The standard InChI is InChI=1S/C6H10Br2N2/c1-5(7)3-10(9)4-6(2)8/h1-4,9H2. The van der Waals surface area contributed by atoms with Gasteiger partial charge in [0.2, 0.25) is 0 Å². The third kappa shape index (κ3) is 6.48. The highest BCUT2D eigenvalue weighted by Gasteiger charge is 1.98. The van der Waals surface area contributed by atoms with Gasteiger partial charge in [-0.25, -0.2) is 5.01 Å². The van der Waals surface area contributed by atoms with E-state index in [9.17, 15) is 0 Å². The summed E-state index contributed by atoms with van der Waals surface area (Å²) in [5, 5.41) is 1.61. The Morgan fingerprint density at radius 3 is 1.70 bits per heavy atom. The van der Waals surface area contributed by atoms with Gasteiger partial charge < -0.3 is 0 Å². The van der Waals surface area contributed by atoms with Crippen LogP contribution in [0.4, 0.5) is 0 Å². The highest BCUT2D eigenvalue weighted by atomic mass is 79.9. The Balaban J connectivity index is 3.53. The summed E-state index contributed by atoms with van der Waals surface area (Å²) in [4.78, 5) is 0. The van der Waals surface area contributed by atoms with Gasteiger partial charge in [-0.2, -0.15) is 0 Å². The van der Waals surface area contributed by atoms with Gasteiger partial charge >= 0.3 is 0 Å². The van der Waals surface area contributed by atoms with E-state index in [4.69, 9.17) is 5.84 Å². The molecule has 0 fully saturated rings. The van der Waals surface area contributed by atoms with Crippen LogP contribution < -0.4 is 5.84 Å². The first-order chi connectivity index (χ1) is 4.52. The molecule has 2 nitrogen and oxygen atoms in total. The lowest BCUT2D eigenvalue weighted by Gasteiger charge is -2.13. The quantitative estimate of drug-likeness (QED) is 0.625. The van der Waals surface area contributed by atoms with Crippen molar-refractivity contribution in [2.75, 3.05) is 13.1 Å². The predicted molar refractivity (Wildman–Crippen MR) is 51.9 cm³/mol. The van der Waals surface area contributed by atoms with Crippen molar-refractivity contribution >= 4 is 31.9 Å². The zero-order valence-corrected chi connectivity index (χ0v) is 8.78. The van der Waals surface area contributed by atoms with Gasteiger partial charge in [0.25, 0.3) is 0 Å². The summed E-state index contributed by atoms with van der Waals surface area (Å²) in [6.07, 6.45) is 0. The van der Waals surface area contributed by atoms with Crippen LogP contribution in [0, 0.1) is 0 Å². The van der Waals surface area contributed by atoms with Gasteiger partial charge in [0.15, 0.2) is 0 Å². The van der Waals surface area contributed by atoms with E-state index in [-0.39, 0.29) is 0 Å². The molecule has 0 aromatic heterocycles. The Bertz CT molecular complexity index is 129. The lowest BCUT2D eigenvalue weighted by Crippen LogP contribution is -2.32. The number of hydrazine groups is 1. The average Bonchev–Trinajstić information content (AvgIpc) is 1.58. The van der Waals surface area contributed by atoms with E-state index in [0.29, 0.717) is 13.1 Å². The Hall–Kier alpha value is 0.360. The van der Waals surface area contributed by atoms with Crippen LogP contribution in [-0.4, -0.2) is 18.1 Å². The molecule has 0 bridgehead atoms. The first kappa shape index (κ1) is 10.4. The van der Waals surface area contributed by atoms with Gasteiger partial charge in [0, 0.05) is 22.1 Å². The van der Waals surface area contributed by atoms with Crippen LogP contribution in [0.3, 0.4) is 0 Å². The number of nitrogens with two attached hydrogens (primary N) is 1. The third-order valence-electron chi connectivity index (χ3n) is 0.749. The molecule has 4 heteroatoms. The molecule has 0 unspecified atom stereocenters. The number of hydrogen-bond donors (Lipinski definition) is 1. The minimum Gasteiger partial charge on any atom is -0.268 e. The fourth-order valence-electron chi connectivity index (χ4n) is 0.497. The van der Waals surface area contributed by atoms with Crippen molar-refractivity contribution in [3.63, 3.8) is 0 Å². The topological polar surface area (TPSA) is 29.3 Å². The fraction of sp³-hybridized carbons (Fsp3) is 0.333. The SMILES string of the molecule is C=C(Br)CN(N)CC(=C)Br. The molecule has 0 aromatic carbocycles. The maximum absolute atomic E-state index is 5.53. The summed E-state index contributed by atoms with van der Waals surface area (Å²) in [7, 11) is 0. The molecule has 2 N–H and O–H groups in total. The Morgan fingerprint density at radius 1 is 1.20 bits per heavy atom. The van der Waals surface area contributed by atoms with E-state index in [0.717, 1.165) is 8.96 Å². The molecule has 0 heterocycles. The molecule has 0 saturated carbocycles. The minimum atomic E-state index is 0.630. The van der Waals surface area contributed by atoms with Crippen LogP contribution in [0.15, 0.2) is 22.1 Å². The van der Waals surface area contributed by atoms with Crippen LogP contribution in [0.2, 0.25) is 0 Å². The molecule has 0 amide bonds. The lowest BCUT2D eigenvalue weighted by atomic mass is 10.5. The largest absolute Gasteiger partial charge is 0.268 e. The molecule has 0 saturated heterocycles. The van der Waals surface area contributed by atoms with E-state index < -0.39 is 0 Å². The van der Waals surface area contributed by atoms with Crippen molar-refractivity contribution in [2.45, 2.75) is 0 Å². The molecule has 0 aliphatic heterocycles. The number of nitrogens with zero attached hydrogens (tertiary/aromatic N) is 1. The van der Waals surface area contributed by atoms with E-state index in [1.54, 1.807) is 5.01 Å². The maximum Gasteiger partial charge on any atom is 0.0443 e. The average molecular weight is 270 g/mol.